The summed E-state index contributed by atoms with van der Waals surface area (Å²) in [4.78, 5) is 24.4. The first-order valence-corrected chi connectivity index (χ1v) is 15.8. The molecule has 2 aromatic carbocycles. The van der Waals surface area contributed by atoms with Gasteiger partial charge in [0.15, 0.2) is 0 Å². The zero-order chi connectivity index (χ0) is 32.9. The molecule has 0 unspecified atom stereocenters. The van der Waals surface area contributed by atoms with Gasteiger partial charge in [-0.3, -0.25) is 9.59 Å². The van der Waals surface area contributed by atoms with Crippen LogP contribution in [0.5, 0.6) is 11.5 Å². The quantitative estimate of drug-likeness (QED) is 0.153. The van der Waals surface area contributed by atoms with Crippen molar-refractivity contribution in [2.75, 3.05) is 39.6 Å². The van der Waals surface area contributed by atoms with Crippen molar-refractivity contribution in [3.05, 3.63) is 57.6 Å². The maximum atomic E-state index is 12.2. The topological polar surface area (TPSA) is 112 Å². The van der Waals surface area contributed by atoms with Crippen LogP contribution in [0.1, 0.15) is 102 Å². The van der Waals surface area contributed by atoms with E-state index < -0.39 is 0 Å². The molecule has 0 radical (unpaired) electrons. The maximum absolute atomic E-state index is 12.2. The summed E-state index contributed by atoms with van der Waals surface area (Å²) in [5.41, 5.74) is 5.19. The monoisotopic (exact) mass is 614 g/mol. The van der Waals surface area contributed by atoms with Crippen LogP contribution in [0.4, 0.5) is 0 Å². The minimum Gasteiger partial charge on any atom is -0.507 e. The fourth-order valence-electron chi connectivity index (χ4n) is 4.88. The van der Waals surface area contributed by atoms with Crippen LogP contribution < -0.4 is 0 Å². The van der Waals surface area contributed by atoms with E-state index in [1.807, 2.05) is 38.1 Å². The number of ether oxygens (including phenoxy) is 4. The van der Waals surface area contributed by atoms with Gasteiger partial charge in [-0.1, -0.05) is 79.7 Å². The summed E-state index contributed by atoms with van der Waals surface area (Å²) >= 11 is 0. The van der Waals surface area contributed by atoms with E-state index in [1.54, 1.807) is 0 Å². The van der Waals surface area contributed by atoms with Gasteiger partial charge in [0.05, 0.1) is 26.4 Å². The van der Waals surface area contributed by atoms with Crippen molar-refractivity contribution >= 4 is 11.9 Å². The molecule has 0 aliphatic rings. The van der Waals surface area contributed by atoms with Crippen molar-refractivity contribution in [2.24, 2.45) is 0 Å². The third kappa shape index (κ3) is 12.1. The molecule has 0 heterocycles. The lowest BCUT2D eigenvalue weighted by atomic mass is 9.83. The molecule has 0 bridgehead atoms. The van der Waals surface area contributed by atoms with Crippen molar-refractivity contribution in [3.63, 3.8) is 0 Å². The van der Waals surface area contributed by atoms with Crippen molar-refractivity contribution in [3.8, 4) is 11.5 Å². The summed E-state index contributed by atoms with van der Waals surface area (Å²) < 4.78 is 21.5. The second kappa shape index (κ2) is 17.4. The lowest BCUT2D eigenvalue weighted by Gasteiger charge is -2.23. The largest absolute Gasteiger partial charge is 0.507 e. The molecule has 44 heavy (non-hydrogen) atoms. The van der Waals surface area contributed by atoms with Gasteiger partial charge in [-0.15, -0.1) is 0 Å². The first-order valence-electron chi connectivity index (χ1n) is 15.8. The first kappa shape index (κ1) is 37.1. The zero-order valence-electron chi connectivity index (χ0n) is 28.1. The lowest BCUT2D eigenvalue weighted by molar-refractivity contribution is -0.146. The number of benzene rings is 2. The SMILES string of the molecule is CCc1cc(CCC(=O)OCCOCCOCCOC(=O)CCc2cc(CC)c(O)c(C(C)(C)C)c2)cc(C(C)(C)C)c1O. The standard InChI is InChI=1S/C36H54O8/c1-9-27-21-25(23-29(33(27)39)35(3,4)5)11-13-31(37)43-19-17-41-15-16-42-18-20-44-32(38)14-12-26-22-28(10-2)34(40)30(24-26)36(6,7)8/h21-24,39-40H,9-20H2,1-8H3. The van der Waals surface area contributed by atoms with Gasteiger partial charge in [0, 0.05) is 12.8 Å². The van der Waals surface area contributed by atoms with Crippen LogP contribution in [-0.2, 0) is 65.0 Å². The molecule has 2 rings (SSSR count). The number of carbonyl (C=O) groups excluding carboxylic acids is 2. The van der Waals surface area contributed by atoms with Gasteiger partial charge in [-0.2, -0.15) is 0 Å². The molecule has 0 aromatic heterocycles. The second-order valence-corrected chi connectivity index (χ2v) is 13.2. The number of hydrogen-bond acceptors (Lipinski definition) is 8. The first-order chi connectivity index (χ1) is 20.7. The number of esters is 2. The molecule has 8 nitrogen and oxygen atoms in total. The Hall–Kier alpha value is -3.10. The summed E-state index contributed by atoms with van der Waals surface area (Å²) in [6.45, 7) is 17.9. The molecule has 2 aromatic rings. The molecule has 0 aliphatic heterocycles. The number of aryl methyl sites for hydroxylation is 4. The van der Waals surface area contributed by atoms with Gasteiger partial charge < -0.3 is 29.2 Å². The molecule has 2 N–H and O–H groups in total. The Kier molecular flexibility index (Phi) is 14.7. The highest BCUT2D eigenvalue weighted by atomic mass is 16.6. The average Bonchev–Trinajstić information content (AvgIpc) is 2.95. The van der Waals surface area contributed by atoms with E-state index in [4.69, 9.17) is 18.9 Å². The number of hydrogen-bond donors (Lipinski definition) is 2. The molecular formula is C36H54O8. The summed E-state index contributed by atoms with van der Waals surface area (Å²) in [5, 5.41) is 21.1. The van der Waals surface area contributed by atoms with Gasteiger partial charge in [-0.05, 0) is 69.9 Å². The van der Waals surface area contributed by atoms with Crippen LogP contribution in [0.3, 0.4) is 0 Å². The van der Waals surface area contributed by atoms with E-state index in [0.717, 1.165) is 46.2 Å². The average molecular weight is 615 g/mol. The van der Waals surface area contributed by atoms with E-state index in [-0.39, 0.29) is 62.0 Å². The normalized spacial score (nSPS) is 11.9. The molecule has 0 saturated carbocycles. The minimum atomic E-state index is -0.291. The summed E-state index contributed by atoms with van der Waals surface area (Å²) in [6.07, 6.45) is 3.05. The van der Waals surface area contributed by atoms with Gasteiger partial charge in [0.1, 0.15) is 24.7 Å². The number of phenolic OH excluding ortho intramolecular Hbond substituents is 2. The van der Waals surface area contributed by atoms with E-state index in [1.165, 1.54) is 0 Å². The molecule has 0 spiro atoms. The van der Waals surface area contributed by atoms with Gasteiger partial charge in [-0.25, -0.2) is 0 Å². The van der Waals surface area contributed by atoms with Crippen molar-refractivity contribution in [1.29, 1.82) is 0 Å². The number of rotatable bonds is 17. The molecule has 246 valence electrons. The molecule has 0 amide bonds. The van der Waals surface area contributed by atoms with Crippen LogP contribution in [0, 0.1) is 0 Å². The molecular weight excluding hydrogens is 560 g/mol. The molecule has 0 aliphatic carbocycles. The Morgan fingerprint density at radius 3 is 1.25 bits per heavy atom. The second-order valence-electron chi connectivity index (χ2n) is 13.2. The highest BCUT2D eigenvalue weighted by molar-refractivity contribution is 5.70. The number of aromatic hydroxyl groups is 2. The molecule has 8 heteroatoms. The van der Waals surface area contributed by atoms with Crippen LogP contribution in [0.2, 0.25) is 0 Å². The Labute approximate surface area is 264 Å². The highest BCUT2D eigenvalue weighted by Crippen LogP contribution is 2.36. The van der Waals surface area contributed by atoms with E-state index in [2.05, 4.69) is 41.5 Å². The fourth-order valence-corrected chi connectivity index (χ4v) is 4.88. The minimum absolute atomic E-state index is 0.164. The lowest BCUT2D eigenvalue weighted by Crippen LogP contribution is -2.16. The van der Waals surface area contributed by atoms with Gasteiger partial charge in [0.2, 0.25) is 0 Å². The predicted octanol–water partition coefficient (Wildman–Crippen LogP) is 6.50. The van der Waals surface area contributed by atoms with E-state index in [0.29, 0.717) is 37.6 Å². The summed E-state index contributed by atoms with van der Waals surface area (Å²) in [5.74, 6) is 0.105. The van der Waals surface area contributed by atoms with Crippen LogP contribution in [-0.4, -0.2) is 61.8 Å². The van der Waals surface area contributed by atoms with Crippen LogP contribution in [0.15, 0.2) is 24.3 Å². The Bertz CT molecular complexity index is 1120. The van der Waals surface area contributed by atoms with Gasteiger partial charge in [0.25, 0.3) is 0 Å². The van der Waals surface area contributed by atoms with Gasteiger partial charge >= 0.3 is 11.9 Å². The van der Waals surface area contributed by atoms with Crippen molar-refractivity contribution in [1.82, 2.24) is 0 Å². The third-order valence-corrected chi connectivity index (χ3v) is 7.46. The summed E-state index contributed by atoms with van der Waals surface area (Å²) in [6, 6.07) is 7.88. The van der Waals surface area contributed by atoms with Crippen molar-refractivity contribution in [2.45, 2.75) is 105 Å². The van der Waals surface area contributed by atoms with Crippen LogP contribution >= 0.6 is 0 Å². The smallest absolute Gasteiger partial charge is 0.306 e. The Balaban J connectivity index is 1.56. The number of phenols is 2. The van der Waals surface area contributed by atoms with Crippen molar-refractivity contribution < 1.29 is 38.7 Å². The van der Waals surface area contributed by atoms with E-state index >= 15 is 0 Å². The maximum Gasteiger partial charge on any atom is 0.306 e. The molecule has 0 saturated heterocycles. The van der Waals surface area contributed by atoms with Crippen LogP contribution in [0.25, 0.3) is 0 Å². The third-order valence-electron chi connectivity index (χ3n) is 7.46. The summed E-state index contributed by atoms with van der Waals surface area (Å²) in [7, 11) is 0. The predicted molar refractivity (Wildman–Crippen MR) is 173 cm³/mol. The fraction of sp³-hybridized carbons (Fsp3) is 0.611. The molecule has 0 atom stereocenters. The highest BCUT2D eigenvalue weighted by Gasteiger charge is 2.22. The van der Waals surface area contributed by atoms with E-state index in [9.17, 15) is 19.8 Å². The Morgan fingerprint density at radius 1 is 0.591 bits per heavy atom. The molecule has 0 fully saturated rings. The Morgan fingerprint density at radius 2 is 0.932 bits per heavy atom. The zero-order valence-corrected chi connectivity index (χ0v) is 28.1. The number of carbonyl (C=O) groups is 2.